The molecule has 0 saturated carbocycles. The van der Waals surface area contributed by atoms with Gasteiger partial charge in [-0.1, -0.05) is 12.1 Å². The first-order valence-electron chi connectivity index (χ1n) is 13.3. The van der Waals surface area contributed by atoms with E-state index in [9.17, 15) is 9.59 Å². The van der Waals surface area contributed by atoms with Gasteiger partial charge in [0.2, 0.25) is 5.95 Å². The first-order chi connectivity index (χ1) is 19.2. The number of amides is 2. The second-order valence-corrected chi connectivity index (χ2v) is 10.3. The Morgan fingerprint density at radius 3 is 2.58 bits per heavy atom. The van der Waals surface area contributed by atoms with E-state index < -0.39 is 6.04 Å². The lowest BCUT2D eigenvalue weighted by Crippen LogP contribution is -2.34. The van der Waals surface area contributed by atoms with Crippen molar-refractivity contribution in [1.82, 2.24) is 19.7 Å². The summed E-state index contributed by atoms with van der Waals surface area (Å²) in [6.07, 6.45) is 1.45. The number of aryl methyl sites for hydroxylation is 1. The molecule has 0 saturated heterocycles. The summed E-state index contributed by atoms with van der Waals surface area (Å²) in [6.45, 7) is 13.0. The monoisotopic (exact) mass is 610 g/mol. The van der Waals surface area contributed by atoms with Crippen LogP contribution in [-0.2, 0) is 9.59 Å². The molecule has 1 atom stereocenters. The third kappa shape index (κ3) is 5.84. The molecule has 1 unspecified atom stereocenters. The van der Waals surface area contributed by atoms with Crippen LogP contribution in [0, 0.1) is 13.8 Å². The molecule has 2 N–H and O–H groups in total. The second kappa shape index (κ2) is 12.5. The van der Waals surface area contributed by atoms with Gasteiger partial charge in [0.05, 0.1) is 16.7 Å². The lowest BCUT2D eigenvalue weighted by Gasteiger charge is -2.29. The van der Waals surface area contributed by atoms with Crippen molar-refractivity contribution in [1.29, 1.82) is 0 Å². The Balaban J connectivity index is 1.74. The van der Waals surface area contributed by atoms with Gasteiger partial charge in [0.1, 0.15) is 12.4 Å². The molecule has 2 heterocycles. The zero-order valence-electron chi connectivity index (χ0n) is 23.7. The Bertz CT molecular complexity index is 1450. The summed E-state index contributed by atoms with van der Waals surface area (Å²) in [7, 11) is 0. The van der Waals surface area contributed by atoms with Crippen molar-refractivity contribution >= 4 is 39.4 Å². The molecule has 0 radical (unpaired) electrons. The largest absolute Gasteiger partial charge is 0.490 e. The lowest BCUT2D eigenvalue weighted by molar-refractivity contribution is -0.133. The highest BCUT2D eigenvalue weighted by atomic mass is 79.9. The second-order valence-electron chi connectivity index (χ2n) is 9.41. The summed E-state index contributed by atoms with van der Waals surface area (Å²) in [5.41, 5.74) is 4.70. The fourth-order valence-corrected chi connectivity index (χ4v) is 5.29. The Kier molecular flexibility index (Phi) is 9.14. The first-order valence-corrected chi connectivity index (χ1v) is 14.1. The molecule has 1 aliphatic heterocycles. The van der Waals surface area contributed by atoms with Crippen molar-refractivity contribution in [2.24, 2.45) is 0 Å². The van der Waals surface area contributed by atoms with Gasteiger partial charge < -0.3 is 25.0 Å². The van der Waals surface area contributed by atoms with E-state index in [0.29, 0.717) is 52.9 Å². The summed E-state index contributed by atoms with van der Waals surface area (Å²) >= 11 is 3.62. The number of anilines is 2. The third-order valence-electron chi connectivity index (χ3n) is 7.00. The summed E-state index contributed by atoms with van der Waals surface area (Å²) in [5, 5.41) is 10.7. The van der Waals surface area contributed by atoms with Crippen LogP contribution in [0.2, 0.25) is 0 Å². The Morgan fingerprint density at radius 1 is 1.12 bits per heavy atom. The van der Waals surface area contributed by atoms with Crippen molar-refractivity contribution in [2.45, 2.75) is 47.6 Å². The van der Waals surface area contributed by atoms with Gasteiger partial charge in [-0.25, -0.2) is 4.68 Å². The van der Waals surface area contributed by atoms with Crippen LogP contribution in [0.25, 0.3) is 0 Å². The van der Waals surface area contributed by atoms with Gasteiger partial charge in [0, 0.05) is 24.5 Å². The molecule has 212 valence electrons. The van der Waals surface area contributed by atoms with Crippen molar-refractivity contribution in [3.63, 3.8) is 0 Å². The molecule has 11 heteroatoms. The quantitative estimate of drug-likeness (QED) is 0.323. The number of hydrogen-bond donors (Lipinski definition) is 2. The Morgan fingerprint density at radius 2 is 1.88 bits per heavy atom. The fourth-order valence-electron chi connectivity index (χ4n) is 4.72. The number of halogens is 1. The van der Waals surface area contributed by atoms with Gasteiger partial charge in [-0.15, -0.1) is 0 Å². The zero-order chi connectivity index (χ0) is 29.0. The number of benzene rings is 2. The van der Waals surface area contributed by atoms with Crippen LogP contribution in [0.5, 0.6) is 11.5 Å². The highest BCUT2D eigenvalue weighted by Crippen LogP contribution is 2.43. The van der Waals surface area contributed by atoms with E-state index in [1.807, 2.05) is 71.9 Å². The number of allylic oxidation sites excluding steroid dienone is 1. The minimum atomic E-state index is -0.606. The number of fused-ring (bicyclic) bond motifs is 1. The van der Waals surface area contributed by atoms with Gasteiger partial charge in [-0.2, -0.15) is 10.1 Å². The topological polar surface area (TPSA) is 111 Å². The van der Waals surface area contributed by atoms with Crippen molar-refractivity contribution in [3.8, 4) is 11.5 Å². The average molecular weight is 612 g/mol. The molecule has 1 aliphatic rings. The lowest BCUT2D eigenvalue weighted by atomic mass is 9.94. The number of carbonyl (C=O) groups is 2. The normalized spacial score (nSPS) is 14.3. The number of carbonyl (C=O) groups excluding carboxylic acids is 2. The standard InChI is InChI=1S/C29H35BrN6O4/c1-7-35(8-2)24(37)15-40-27-21(30)13-20(14-23(27)39-9-3)26-25(19(6)33-29-31-16-32-36(26)29)28(38)34-22-12-10-11-17(4)18(22)5/h10-14,16,26H,7-9,15H2,1-6H3,(H,34,38)(H,31,32,33). The Hall–Kier alpha value is -3.86. The molecule has 2 aromatic carbocycles. The van der Waals surface area contributed by atoms with E-state index in [1.54, 1.807) is 9.58 Å². The Labute approximate surface area is 242 Å². The van der Waals surface area contributed by atoms with E-state index in [4.69, 9.17) is 9.47 Å². The SMILES string of the molecule is CCOc1cc(C2C(C(=O)Nc3cccc(C)c3C)=C(C)Nc3ncnn32)cc(Br)c1OCC(=O)N(CC)CC. The molecule has 0 spiro atoms. The van der Waals surface area contributed by atoms with Crippen LogP contribution < -0.4 is 20.1 Å². The molecule has 0 aliphatic carbocycles. The number of nitrogens with one attached hydrogen (secondary N) is 2. The average Bonchev–Trinajstić information content (AvgIpc) is 3.38. The van der Waals surface area contributed by atoms with E-state index in [0.717, 1.165) is 22.4 Å². The number of rotatable bonds is 10. The number of nitrogens with zero attached hydrogens (tertiary/aromatic N) is 4. The maximum absolute atomic E-state index is 13.8. The molecule has 40 heavy (non-hydrogen) atoms. The molecule has 2 amide bonds. The van der Waals surface area contributed by atoms with E-state index in [1.165, 1.54) is 6.33 Å². The minimum Gasteiger partial charge on any atom is -0.490 e. The predicted octanol–water partition coefficient (Wildman–Crippen LogP) is 5.23. The highest BCUT2D eigenvalue weighted by molar-refractivity contribution is 9.10. The van der Waals surface area contributed by atoms with Crippen LogP contribution in [0.1, 0.15) is 50.4 Å². The molecule has 3 aromatic rings. The smallest absolute Gasteiger partial charge is 0.260 e. The van der Waals surface area contributed by atoms with Crippen molar-refractivity contribution < 1.29 is 19.1 Å². The zero-order valence-corrected chi connectivity index (χ0v) is 25.3. The van der Waals surface area contributed by atoms with Crippen LogP contribution in [0.3, 0.4) is 0 Å². The molecule has 1 aromatic heterocycles. The molecular weight excluding hydrogens is 576 g/mol. The van der Waals surface area contributed by atoms with Crippen LogP contribution in [0.15, 0.2) is 52.4 Å². The summed E-state index contributed by atoms with van der Waals surface area (Å²) < 4.78 is 14.2. The fraction of sp³-hybridized carbons (Fsp3) is 0.379. The molecule has 0 fully saturated rings. The number of ether oxygens (including phenoxy) is 2. The number of aromatic nitrogens is 3. The highest BCUT2D eigenvalue weighted by Gasteiger charge is 2.35. The maximum atomic E-state index is 13.8. The van der Waals surface area contributed by atoms with E-state index >= 15 is 0 Å². The number of hydrogen-bond acceptors (Lipinski definition) is 7. The van der Waals surface area contributed by atoms with Gasteiger partial charge in [-0.3, -0.25) is 9.59 Å². The van der Waals surface area contributed by atoms with Crippen LogP contribution >= 0.6 is 15.9 Å². The third-order valence-corrected chi connectivity index (χ3v) is 7.58. The molecule has 10 nitrogen and oxygen atoms in total. The van der Waals surface area contributed by atoms with Gasteiger partial charge in [0.25, 0.3) is 11.8 Å². The summed E-state index contributed by atoms with van der Waals surface area (Å²) in [5.74, 6) is 1.01. The molecular formula is C29H35BrN6O4. The van der Waals surface area contributed by atoms with Crippen LogP contribution in [-0.4, -0.2) is 57.8 Å². The van der Waals surface area contributed by atoms with Gasteiger partial charge >= 0.3 is 0 Å². The molecule has 0 bridgehead atoms. The summed E-state index contributed by atoms with van der Waals surface area (Å²) in [6, 6.07) is 8.89. The number of likely N-dealkylation sites (N-methyl/N-ethyl adjacent to an activating group) is 1. The van der Waals surface area contributed by atoms with Crippen molar-refractivity contribution in [3.05, 3.63) is 69.1 Å². The van der Waals surface area contributed by atoms with Crippen LogP contribution in [0.4, 0.5) is 11.6 Å². The van der Waals surface area contributed by atoms with Gasteiger partial charge in [0.15, 0.2) is 18.1 Å². The van der Waals surface area contributed by atoms with E-state index in [2.05, 4.69) is 36.6 Å². The summed E-state index contributed by atoms with van der Waals surface area (Å²) in [4.78, 5) is 32.5. The minimum absolute atomic E-state index is 0.113. The molecule has 4 rings (SSSR count). The van der Waals surface area contributed by atoms with E-state index in [-0.39, 0.29) is 18.4 Å². The van der Waals surface area contributed by atoms with Gasteiger partial charge in [-0.05, 0) is 92.4 Å². The first kappa shape index (κ1) is 29.1. The van der Waals surface area contributed by atoms with Crippen molar-refractivity contribution in [2.75, 3.05) is 36.9 Å². The maximum Gasteiger partial charge on any atom is 0.260 e. The predicted molar refractivity (Wildman–Crippen MR) is 158 cm³/mol.